The van der Waals surface area contributed by atoms with Crippen molar-refractivity contribution in [3.63, 3.8) is 0 Å². The van der Waals surface area contributed by atoms with E-state index in [0.29, 0.717) is 5.92 Å². The lowest BCUT2D eigenvalue weighted by molar-refractivity contribution is 0.180. The van der Waals surface area contributed by atoms with Crippen molar-refractivity contribution < 1.29 is 9.53 Å². The van der Waals surface area contributed by atoms with Gasteiger partial charge in [0, 0.05) is 12.6 Å². The molecule has 0 spiro atoms. The fraction of sp³-hybridized carbons (Fsp3) is 0.750. The van der Waals surface area contributed by atoms with E-state index < -0.39 is 6.09 Å². The number of nitrogens with one attached hydrogen (secondary N) is 2. The molecule has 5 heteroatoms. The number of carbonyl (C=O) groups is 1. The normalized spacial score (nSPS) is 27.4. The highest BCUT2D eigenvalue weighted by molar-refractivity contribution is 5.68. The van der Waals surface area contributed by atoms with Crippen LogP contribution in [0, 0.1) is 17.4 Å². The molecule has 5 nitrogen and oxygen atoms in total. The zero-order valence-corrected chi connectivity index (χ0v) is 7.54. The molecule has 1 aliphatic rings. The second-order valence-corrected chi connectivity index (χ2v) is 3.32. The van der Waals surface area contributed by atoms with E-state index in [4.69, 9.17) is 5.26 Å². The first kappa shape index (κ1) is 9.81. The zero-order valence-electron chi connectivity index (χ0n) is 7.54. The molecule has 1 heterocycles. The molecular formula is C8H13N3O2. The summed E-state index contributed by atoms with van der Waals surface area (Å²) in [6, 6.07) is 0.0737. The average Bonchev–Trinajstić information content (AvgIpc) is 2.04. The van der Waals surface area contributed by atoms with Gasteiger partial charge in [-0.15, -0.1) is 5.26 Å². The second-order valence-electron chi connectivity index (χ2n) is 3.32. The van der Waals surface area contributed by atoms with Gasteiger partial charge in [0.1, 0.15) is 0 Å². The molecule has 0 aromatic rings. The van der Waals surface area contributed by atoms with Crippen LogP contribution in [-0.2, 0) is 4.74 Å². The standard InChI is InChI=1S/C8H13N3O2/c1-6-2-7(4-10-3-6)11-8(12)13-5-9/h6-7,10H,2-4H2,1H3,(H,11,12). The van der Waals surface area contributed by atoms with Gasteiger partial charge in [-0.2, -0.15) is 0 Å². The van der Waals surface area contributed by atoms with Crippen molar-refractivity contribution in [2.75, 3.05) is 13.1 Å². The number of nitrogens with zero attached hydrogens (tertiary/aromatic N) is 1. The molecule has 1 rings (SSSR count). The lowest BCUT2D eigenvalue weighted by Crippen LogP contribution is -2.48. The van der Waals surface area contributed by atoms with Crippen molar-refractivity contribution in [1.29, 1.82) is 5.26 Å². The molecular weight excluding hydrogens is 170 g/mol. The first-order chi connectivity index (χ1) is 6.22. The Morgan fingerprint density at radius 2 is 2.46 bits per heavy atom. The van der Waals surface area contributed by atoms with E-state index in [1.54, 1.807) is 0 Å². The van der Waals surface area contributed by atoms with Crippen molar-refractivity contribution in [1.82, 2.24) is 10.6 Å². The third-order valence-electron chi connectivity index (χ3n) is 2.03. The van der Waals surface area contributed by atoms with Crippen molar-refractivity contribution in [2.45, 2.75) is 19.4 Å². The van der Waals surface area contributed by atoms with Crippen molar-refractivity contribution in [2.24, 2.45) is 5.92 Å². The van der Waals surface area contributed by atoms with Gasteiger partial charge in [0.25, 0.3) is 6.26 Å². The Labute approximate surface area is 77.1 Å². The highest BCUT2D eigenvalue weighted by atomic mass is 16.5. The Bertz CT molecular complexity index is 224. The molecule has 1 saturated heterocycles. The monoisotopic (exact) mass is 183 g/mol. The van der Waals surface area contributed by atoms with Gasteiger partial charge in [-0.05, 0) is 18.9 Å². The van der Waals surface area contributed by atoms with Gasteiger partial charge < -0.3 is 15.4 Å². The highest BCUT2D eigenvalue weighted by Gasteiger charge is 2.20. The number of piperidine rings is 1. The molecule has 0 aromatic heterocycles. The fourth-order valence-corrected chi connectivity index (χ4v) is 1.50. The molecule has 1 amide bonds. The summed E-state index contributed by atoms with van der Waals surface area (Å²) in [6.45, 7) is 3.83. The molecule has 0 aromatic carbocycles. The number of hydrogen-bond acceptors (Lipinski definition) is 4. The van der Waals surface area contributed by atoms with E-state index in [0.717, 1.165) is 19.5 Å². The van der Waals surface area contributed by atoms with Gasteiger partial charge in [0.2, 0.25) is 0 Å². The molecule has 13 heavy (non-hydrogen) atoms. The van der Waals surface area contributed by atoms with E-state index in [9.17, 15) is 4.79 Å². The summed E-state index contributed by atoms with van der Waals surface area (Å²) in [5, 5.41) is 13.9. The van der Waals surface area contributed by atoms with E-state index in [1.807, 2.05) is 0 Å². The summed E-state index contributed by atoms with van der Waals surface area (Å²) in [6.07, 6.45) is 1.60. The van der Waals surface area contributed by atoms with Crippen LogP contribution in [0.3, 0.4) is 0 Å². The number of alkyl carbamates (subject to hydrolysis) is 1. The van der Waals surface area contributed by atoms with Crippen LogP contribution < -0.4 is 10.6 Å². The number of amides is 1. The van der Waals surface area contributed by atoms with Gasteiger partial charge in [0.15, 0.2) is 0 Å². The molecule has 0 bridgehead atoms. The minimum Gasteiger partial charge on any atom is -0.334 e. The Morgan fingerprint density at radius 1 is 1.69 bits per heavy atom. The first-order valence-electron chi connectivity index (χ1n) is 4.29. The molecule has 0 radical (unpaired) electrons. The van der Waals surface area contributed by atoms with Gasteiger partial charge in [0.05, 0.1) is 0 Å². The number of carbonyl (C=O) groups excluding carboxylic acids is 1. The topological polar surface area (TPSA) is 74.2 Å². The van der Waals surface area contributed by atoms with E-state index in [1.165, 1.54) is 6.26 Å². The van der Waals surface area contributed by atoms with E-state index >= 15 is 0 Å². The molecule has 1 fully saturated rings. The minimum absolute atomic E-state index is 0.0737. The smallest absolute Gasteiger partial charge is 0.334 e. The Balaban J connectivity index is 2.28. The molecule has 0 saturated carbocycles. The summed E-state index contributed by atoms with van der Waals surface area (Å²) in [5.41, 5.74) is 0. The number of nitriles is 1. The molecule has 2 atom stereocenters. The van der Waals surface area contributed by atoms with E-state index in [-0.39, 0.29) is 6.04 Å². The summed E-state index contributed by atoms with van der Waals surface area (Å²) in [5.74, 6) is 0.543. The number of hydrogen-bond donors (Lipinski definition) is 2. The highest BCUT2D eigenvalue weighted by Crippen LogP contribution is 2.09. The predicted octanol–water partition coefficient (Wildman–Crippen LogP) is 0.192. The molecule has 2 N–H and O–H groups in total. The maximum atomic E-state index is 10.8. The van der Waals surface area contributed by atoms with Gasteiger partial charge in [-0.25, -0.2) is 4.79 Å². The Morgan fingerprint density at radius 3 is 3.08 bits per heavy atom. The van der Waals surface area contributed by atoms with Crippen LogP contribution in [0.1, 0.15) is 13.3 Å². The Hall–Kier alpha value is -1.28. The molecule has 0 aliphatic carbocycles. The number of ether oxygens (including phenoxy) is 1. The minimum atomic E-state index is -0.664. The summed E-state index contributed by atoms with van der Waals surface area (Å²) >= 11 is 0. The van der Waals surface area contributed by atoms with Gasteiger partial charge in [-0.1, -0.05) is 6.92 Å². The molecule has 1 aliphatic heterocycles. The van der Waals surface area contributed by atoms with Crippen LogP contribution >= 0.6 is 0 Å². The largest absolute Gasteiger partial charge is 0.422 e. The SMILES string of the molecule is CC1CNCC(NC(=O)OC#N)C1. The zero-order chi connectivity index (χ0) is 9.68. The summed E-state index contributed by atoms with van der Waals surface area (Å²) in [7, 11) is 0. The van der Waals surface area contributed by atoms with Crippen LogP contribution in [0.5, 0.6) is 0 Å². The number of rotatable bonds is 1. The third kappa shape index (κ3) is 3.30. The quantitative estimate of drug-likeness (QED) is 0.569. The van der Waals surface area contributed by atoms with E-state index in [2.05, 4.69) is 22.3 Å². The average molecular weight is 183 g/mol. The maximum absolute atomic E-state index is 10.8. The van der Waals surface area contributed by atoms with Gasteiger partial charge >= 0.3 is 6.09 Å². The van der Waals surface area contributed by atoms with Crippen LogP contribution in [-0.4, -0.2) is 25.2 Å². The summed E-state index contributed by atoms with van der Waals surface area (Å²) < 4.78 is 4.11. The van der Waals surface area contributed by atoms with Crippen LogP contribution in [0.25, 0.3) is 0 Å². The summed E-state index contributed by atoms with van der Waals surface area (Å²) in [4.78, 5) is 10.8. The van der Waals surface area contributed by atoms with Crippen LogP contribution in [0.2, 0.25) is 0 Å². The first-order valence-corrected chi connectivity index (χ1v) is 4.29. The van der Waals surface area contributed by atoms with Crippen molar-refractivity contribution in [3.8, 4) is 6.26 Å². The molecule has 72 valence electrons. The lowest BCUT2D eigenvalue weighted by atomic mass is 9.98. The second kappa shape index (κ2) is 4.67. The maximum Gasteiger partial charge on any atom is 0.422 e. The van der Waals surface area contributed by atoms with Crippen molar-refractivity contribution >= 4 is 6.09 Å². The van der Waals surface area contributed by atoms with Crippen LogP contribution in [0.4, 0.5) is 4.79 Å². The molecule has 2 unspecified atom stereocenters. The lowest BCUT2D eigenvalue weighted by Gasteiger charge is -2.27. The predicted molar refractivity (Wildman–Crippen MR) is 45.7 cm³/mol. The van der Waals surface area contributed by atoms with Gasteiger partial charge in [-0.3, -0.25) is 0 Å². The van der Waals surface area contributed by atoms with Crippen LogP contribution in [0.15, 0.2) is 0 Å². The Kier molecular flexibility index (Phi) is 3.53. The fourth-order valence-electron chi connectivity index (χ4n) is 1.50. The third-order valence-corrected chi connectivity index (χ3v) is 2.03. The van der Waals surface area contributed by atoms with Crippen molar-refractivity contribution in [3.05, 3.63) is 0 Å².